The molecule has 0 saturated carbocycles. The number of carboxylic acids is 1. The van der Waals surface area contributed by atoms with Crippen molar-refractivity contribution in [2.24, 2.45) is 0 Å². The van der Waals surface area contributed by atoms with Crippen molar-refractivity contribution in [1.82, 2.24) is 0 Å². The van der Waals surface area contributed by atoms with E-state index in [1.54, 1.807) is 6.92 Å². The molecule has 0 aromatic carbocycles. The van der Waals surface area contributed by atoms with E-state index in [9.17, 15) is 9.59 Å². The van der Waals surface area contributed by atoms with Gasteiger partial charge in [-0.1, -0.05) is 6.92 Å². The Balaban J connectivity index is 2.91. The first kappa shape index (κ1) is 8.52. The van der Waals surface area contributed by atoms with Crippen molar-refractivity contribution in [3.05, 3.63) is 23.7 Å². The lowest BCUT2D eigenvalue weighted by molar-refractivity contribution is 0.0696. The highest BCUT2D eigenvalue weighted by atomic mass is 16.4. The van der Waals surface area contributed by atoms with Crippen molar-refractivity contribution in [3.63, 3.8) is 0 Å². The minimum absolute atomic E-state index is 0.00630. The average molecular weight is 168 g/mol. The van der Waals surface area contributed by atoms with Gasteiger partial charge >= 0.3 is 5.97 Å². The van der Waals surface area contributed by atoms with Gasteiger partial charge in [-0.05, 0) is 0 Å². The number of aromatic carboxylic acids is 1. The van der Waals surface area contributed by atoms with Gasteiger partial charge in [-0.25, -0.2) is 4.79 Å². The van der Waals surface area contributed by atoms with Crippen molar-refractivity contribution in [2.75, 3.05) is 0 Å². The van der Waals surface area contributed by atoms with E-state index in [0.717, 1.165) is 6.26 Å². The number of furan rings is 1. The minimum Gasteiger partial charge on any atom is -0.478 e. The molecule has 0 spiro atoms. The van der Waals surface area contributed by atoms with Crippen LogP contribution in [0.5, 0.6) is 0 Å². The van der Waals surface area contributed by atoms with Gasteiger partial charge < -0.3 is 9.52 Å². The van der Waals surface area contributed by atoms with Crippen LogP contribution in [-0.2, 0) is 0 Å². The van der Waals surface area contributed by atoms with Gasteiger partial charge in [0.25, 0.3) is 0 Å². The molecule has 0 amide bonds. The van der Waals surface area contributed by atoms with Crippen LogP contribution < -0.4 is 0 Å². The molecule has 0 atom stereocenters. The monoisotopic (exact) mass is 168 g/mol. The van der Waals surface area contributed by atoms with Gasteiger partial charge in [-0.3, -0.25) is 4.79 Å². The summed E-state index contributed by atoms with van der Waals surface area (Å²) in [7, 11) is 0. The smallest absolute Gasteiger partial charge is 0.338 e. The van der Waals surface area contributed by atoms with Crippen LogP contribution in [0.4, 0.5) is 0 Å². The molecule has 0 aliphatic heterocycles. The second-order valence-corrected chi connectivity index (χ2v) is 2.28. The molecule has 1 aromatic rings. The third kappa shape index (κ3) is 1.53. The zero-order valence-corrected chi connectivity index (χ0v) is 6.53. The Kier molecular flexibility index (Phi) is 2.28. The van der Waals surface area contributed by atoms with Gasteiger partial charge in [0.15, 0.2) is 11.5 Å². The van der Waals surface area contributed by atoms with Crippen molar-refractivity contribution >= 4 is 11.8 Å². The molecule has 1 aromatic heterocycles. The van der Waals surface area contributed by atoms with Gasteiger partial charge in [-0.15, -0.1) is 0 Å². The Hall–Kier alpha value is -1.58. The third-order valence-corrected chi connectivity index (χ3v) is 1.44. The number of ketones is 1. The van der Waals surface area contributed by atoms with Crippen LogP contribution in [0.25, 0.3) is 0 Å². The van der Waals surface area contributed by atoms with Crippen molar-refractivity contribution < 1.29 is 19.1 Å². The minimum atomic E-state index is -1.09. The van der Waals surface area contributed by atoms with Gasteiger partial charge in [-0.2, -0.15) is 0 Å². The largest absolute Gasteiger partial charge is 0.478 e. The highest BCUT2D eigenvalue weighted by Crippen LogP contribution is 2.09. The molecule has 0 bridgehead atoms. The maximum absolute atomic E-state index is 11.0. The first-order valence-electron chi connectivity index (χ1n) is 3.50. The normalized spacial score (nSPS) is 9.75. The molecule has 0 unspecified atom stereocenters. The Bertz CT molecular complexity index is 311. The Labute approximate surface area is 68.8 Å². The van der Waals surface area contributed by atoms with E-state index in [2.05, 4.69) is 0 Å². The van der Waals surface area contributed by atoms with E-state index >= 15 is 0 Å². The lowest BCUT2D eigenvalue weighted by atomic mass is 10.2. The van der Waals surface area contributed by atoms with Crippen molar-refractivity contribution in [2.45, 2.75) is 13.3 Å². The van der Waals surface area contributed by atoms with Crippen LogP contribution in [0, 0.1) is 0 Å². The average Bonchev–Trinajstić information content (AvgIpc) is 2.51. The summed E-state index contributed by atoms with van der Waals surface area (Å²) >= 11 is 0. The molecular formula is C8H8O4. The van der Waals surface area contributed by atoms with Crippen LogP contribution >= 0.6 is 0 Å². The second-order valence-electron chi connectivity index (χ2n) is 2.28. The van der Waals surface area contributed by atoms with Crippen LogP contribution in [0.2, 0.25) is 0 Å². The predicted molar refractivity (Wildman–Crippen MR) is 40.3 cm³/mol. The summed E-state index contributed by atoms with van der Waals surface area (Å²) in [4.78, 5) is 21.3. The molecule has 0 saturated heterocycles. The fourth-order valence-corrected chi connectivity index (χ4v) is 0.769. The van der Waals surface area contributed by atoms with Gasteiger partial charge in [0, 0.05) is 12.5 Å². The highest BCUT2D eigenvalue weighted by molar-refractivity contribution is 5.96. The summed E-state index contributed by atoms with van der Waals surface area (Å²) in [5.74, 6) is -1.17. The number of carbonyl (C=O) groups excluding carboxylic acids is 1. The van der Waals surface area contributed by atoms with E-state index in [4.69, 9.17) is 9.52 Å². The molecule has 1 heterocycles. The molecule has 1 N–H and O–H groups in total. The zero-order valence-electron chi connectivity index (χ0n) is 6.53. The number of Topliss-reactive ketones (excluding diaryl/α,β-unsaturated/α-hetero) is 1. The second kappa shape index (κ2) is 3.21. The molecule has 4 heteroatoms. The summed E-state index contributed by atoms with van der Waals surface area (Å²) in [6.07, 6.45) is 1.37. The fourth-order valence-electron chi connectivity index (χ4n) is 0.769. The van der Waals surface area contributed by atoms with Gasteiger partial charge in [0.2, 0.25) is 0 Å². The Morgan fingerprint density at radius 2 is 2.25 bits per heavy atom. The quantitative estimate of drug-likeness (QED) is 0.695. The van der Waals surface area contributed by atoms with E-state index in [1.807, 2.05) is 0 Å². The molecule has 64 valence electrons. The maximum Gasteiger partial charge on any atom is 0.338 e. The fraction of sp³-hybridized carbons (Fsp3) is 0.250. The van der Waals surface area contributed by atoms with E-state index in [0.29, 0.717) is 6.42 Å². The standard InChI is InChI=1S/C8H8O4/c1-2-6(9)7-3-5(4-12-7)8(10)11/h3-4H,2H2,1H3,(H,10,11). The lowest BCUT2D eigenvalue weighted by Crippen LogP contribution is -1.95. The Morgan fingerprint density at radius 3 is 2.67 bits per heavy atom. The number of carbonyl (C=O) groups is 2. The molecule has 0 fully saturated rings. The molecule has 0 radical (unpaired) electrons. The molecule has 0 aliphatic carbocycles. The zero-order chi connectivity index (χ0) is 9.14. The molecule has 4 nitrogen and oxygen atoms in total. The summed E-state index contributed by atoms with van der Waals surface area (Å²) in [5, 5.41) is 8.48. The van der Waals surface area contributed by atoms with Crippen molar-refractivity contribution in [3.8, 4) is 0 Å². The molecule has 12 heavy (non-hydrogen) atoms. The molecule has 0 aliphatic rings. The molecular weight excluding hydrogens is 160 g/mol. The topological polar surface area (TPSA) is 67.5 Å². The first-order chi connectivity index (χ1) is 5.65. The highest BCUT2D eigenvalue weighted by Gasteiger charge is 2.12. The predicted octanol–water partition coefficient (Wildman–Crippen LogP) is 1.57. The maximum atomic E-state index is 11.0. The number of carboxylic acid groups (broad SMARTS) is 1. The molecule has 1 rings (SSSR count). The van der Waals surface area contributed by atoms with Crippen LogP contribution in [0.3, 0.4) is 0 Å². The third-order valence-electron chi connectivity index (χ3n) is 1.44. The Morgan fingerprint density at radius 1 is 1.58 bits per heavy atom. The summed E-state index contributed by atoms with van der Waals surface area (Å²) in [6.45, 7) is 1.69. The van der Waals surface area contributed by atoms with Crippen LogP contribution in [0.15, 0.2) is 16.7 Å². The summed E-state index contributed by atoms with van der Waals surface area (Å²) in [6, 6.07) is 1.23. The van der Waals surface area contributed by atoms with Crippen LogP contribution in [-0.4, -0.2) is 16.9 Å². The van der Waals surface area contributed by atoms with E-state index < -0.39 is 5.97 Å². The SMILES string of the molecule is CCC(=O)c1cc(C(=O)O)co1. The summed E-state index contributed by atoms with van der Waals surface area (Å²) in [5.41, 5.74) is 0.00630. The van der Waals surface area contributed by atoms with E-state index in [-0.39, 0.29) is 17.1 Å². The van der Waals surface area contributed by atoms with E-state index in [1.165, 1.54) is 6.07 Å². The van der Waals surface area contributed by atoms with Gasteiger partial charge in [0.05, 0.1) is 5.56 Å². The number of hydrogen-bond donors (Lipinski definition) is 1. The number of hydrogen-bond acceptors (Lipinski definition) is 3. The number of rotatable bonds is 3. The first-order valence-corrected chi connectivity index (χ1v) is 3.50. The van der Waals surface area contributed by atoms with Crippen LogP contribution in [0.1, 0.15) is 34.3 Å². The lowest BCUT2D eigenvalue weighted by Gasteiger charge is -1.86. The summed E-state index contributed by atoms with van der Waals surface area (Å²) < 4.78 is 4.75. The van der Waals surface area contributed by atoms with Gasteiger partial charge in [0.1, 0.15) is 6.26 Å². The van der Waals surface area contributed by atoms with Crippen molar-refractivity contribution in [1.29, 1.82) is 0 Å².